The van der Waals surface area contributed by atoms with Gasteiger partial charge < -0.3 is 29.2 Å². The topological polar surface area (TPSA) is 95.0 Å². The lowest BCUT2D eigenvalue weighted by atomic mass is 10.0. The van der Waals surface area contributed by atoms with E-state index in [2.05, 4.69) is 20.2 Å². The lowest BCUT2D eigenvalue weighted by Gasteiger charge is -2.37. The molecule has 9 heteroatoms. The van der Waals surface area contributed by atoms with Gasteiger partial charge in [0.25, 0.3) is 5.91 Å². The predicted molar refractivity (Wildman–Crippen MR) is 102 cm³/mol. The number of amides is 1. The van der Waals surface area contributed by atoms with Gasteiger partial charge in [0.15, 0.2) is 17.3 Å². The van der Waals surface area contributed by atoms with Crippen molar-refractivity contribution < 1.29 is 23.7 Å². The molecule has 2 fully saturated rings. The molecule has 29 heavy (non-hydrogen) atoms. The van der Waals surface area contributed by atoms with Crippen LogP contribution in [0.1, 0.15) is 28.9 Å². The van der Waals surface area contributed by atoms with E-state index in [1.54, 1.807) is 6.20 Å². The highest BCUT2D eigenvalue weighted by Gasteiger charge is 2.40. The molecule has 0 unspecified atom stereocenters. The van der Waals surface area contributed by atoms with Gasteiger partial charge in [0.1, 0.15) is 11.5 Å². The summed E-state index contributed by atoms with van der Waals surface area (Å²) >= 11 is 0. The van der Waals surface area contributed by atoms with Crippen molar-refractivity contribution in [3.63, 3.8) is 0 Å². The fourth-order valence-corrected chi connectivity index (χ4v) is 3.79. The van der Waals surface area contributed by atoms with Crippen LogP contribution in [0.15, 0.2) is 30.6 Å². The van der Waals surface area contributed by atoms with Crippen molar-refractivity contribution in [1.29, 1.82) is 0 Å². The predicted octanol–water partition coefficient (Wildman–Crippen LogP) is 1.48. The summed E-state index contributed by atoms with van der Waals surface area (Å²) in [4.78, 5) is 23.2. The molecular formula is C20H22N4O5. The van der Waals surface area contributed by atoms with E-state index in [1.165, 1.54) is 6.20 Å². The van der Waals surface area contributed by atoms with Crippen molar-refractivity contribution in [3.05, 3.63) is 41.9 Å². The summed E-state index contributed by atoms with van der Waals surface area (Å²) < 4.78 is 22.1. The second-order valence-corrected chi connectivity index (χ2v) is 7.22. The average Bonchev–Trinajstić information content (AvgIpc) is 3.42. The minimum atomic E-state index is -0.418. The fraction of sp³-hybridized carbons (Fsp3) is 0.450. The summed E-state index contributed by atoms with van der Waals surface area (Å²) in [6, 6.07) is 5.59. The van der Waals surface area contributed by atoms with E-state index in [1.807, 2.05) is 18.2 Å². The van der Waals surface area contributed by atoms with Crippen LogP contribution in [0.25, 0.3) is 0 Å². The second kappa shape index (κ2) is 7.49. The molecule has 1 aromatic heterocycles. The number of rotatable bonds is 4. The molecule has 1 aromatic carbocycles. The number of piperidine rings is 1. The monoisotopic (exact) mass is 398 g/mol. The number of ether oxygens (including phenoxy) is 4. The zero-order valence-electron chi connectivity index (χ0n) is 15.9. The highest BCUT2D eigenvalue weighted by Crippen LogP contribution is 2.33. The first-order chi connectivity index (χ1) is 14.2. The van der Waals surface area contributed by atoms with Gasteiger partial charge in [-0.05, 0) is 17.7 Å². The van der Waals surface area contributed by atoms with Crippen LogP contribution in [0.5, 0.6) is 11.5 Å². The number of fused-ring (bicyclic) bond motifs is 1. The zero-order chi connectivity index (χ0) is 19.7. The minimum Gasteiger partial charge on any atom is -0.454 e. The van der Waals surface area contributed by atoms with Crippen LogP contribution in [-0.4, -0.2) is 54.8 Å². The quantitative estimate of drug-likeness (QED) is 0.828. The van der Waals surface area contributed by atoms with Gasteiger partial charge in [-0.15, -0.1) is 0 Å². The molecule has 9 nitrogen and oxygen atoms in total. The third kappa shape index (κ3) is 3.70. The molecule has 0 atom stereocenters. The van der Waals surface area contributed by atoms with Gasteiger partial charge in [-0.2, -0.15) is 0 Å². The van der Waals surface area contributed by atoms with Crippen LogP contribution in [-0.2, 0) is 16.0 Å². The van der Waals surface area contributed by atoms with Crippen LogP contribution in [0.2, 0.25) is 0 Å². The maximum atomic E-state index is 12.4. The van der Waals surface area contributed by atoms with Gasteiger partial charge in [0, 0.05) is 32.5 Å². The Balaban J connectivity index is 1.16. The van der Waals surface area contributed by atoms with E-state index in [0.717, 1.165) is 43.1 Å². The molecule has 0 aliphatic carbocycles. The summed E-state index contributed by atoms with van der Waals surface area (Å²) in [6.07, 6.45) is 4.75. The Bertz CT molecular complexity index is 888. The number of nitrogens with one attached hydrogen (secondary N) is 1. The maximum absolute atomic E-state index is 12.4. The number of aromatic nitrogens is 2. The first-order valence-corrected chi connectivity index (χ1v) is 9.72. The van der Waals surface area contributed by atoms with Crippen LogP contribution in [0.3, 0.4) is 0 Å². The highest BCUT2D eigenvalue weighted by molar-refractivity contribution is 5.92. The van der Waals surface area contributed by atoms with Crippen LogP contribution < -0.4 is 19.7 Å². The van der Waals surface area contributed by atoms with Gasteiger partial charge in [-0.25, -0.2) is 9.97 Å². The smallest absolute Gasteiger partial charge is 0.271 e. The second-order valence-electron chi connectivity index (χ2n) is 7.22. The molecule has 0 radical (unpaired) electrons. The van der Waals surface area contributed by atoms with E-state index < -0.39 is 5.79 Å². The number of hydrogen-bond acceptors (Lipinski definition) is 8. The molecule has 152 valence electrons. The standard InChI is InChI=1S/C20H22N4O5/c25-19(23-10-14-1-2-16-17(9-14)27-13-26-16)15-11-22-18(12-21-15)24-5-3-20(4-6-24)28-7-8-29-20/h1-2,9,11-12H,3-8,10,13H2,(H,23,25). The number of nitrogens with zero attached hydrogens (tertiary/aromatic N) is 3. The lowest BCUT2D eigenvalue weighted by Crippen LogP contribution is -2.45. The van der Waals surface area contributed by atoms with Gasteiger partial charge in [0.2, 0.25) is 6.79 Å². The Kier molecular flexibility index (Phi) is 4.69. The van der Waals surface area contributed by atoms with Crippen molar-refractivity contribution in [2.45, 2.75) is 25.2 Å². The van der Waals surface area contributed by atoms with Crippen molar-refractivity contribution in [1.82, 2.24) is 15.3 Å². The van der Waals surface area contributed by atoms with Crippen LogP contribution >= 0.6 is 0 Å². The molecule has 1 spiro atoms. The Morgan fingerprint density at radius 3 is 2.62 bits per heavy atom. The van der Waals surface area contributed by atoms with Crippen molar-refractivity contribution >= 4 is 11.7 Å². The SMILES string of the molecule is O=C(NCc1ccc2c(c1)OCO2)c1cnc(N2CCC3(CC2)OCCO3)cn1. The third-order valence-corrected chi connectivity index (χ3v) is 5.42. The van der Waals surface area contributed by atoms with Gasteiger partial charge in [0.05, 0.1) is 25.6 Å². The number of benzene rings is 1. The molecule has 3 aliphatic rings. The summed E-state index contributed by atoms with van der Waals surface area (Å²) in [5.74, 6) is 1.48. The number of hydrogen-bond donors (Lipinski definition) is 1. The summed E-state index contributed by atoms with van der Waals surface area (Å²) in [6.45, 7) is 3.48. The Hall–Kier alpha value is -2.91. The molecule has 0 saturated carbocycles. The van der Waals surface area contributed by atoms with Crippen molar-refractivity contribution in [3.8, 4) is 11.5 Å². The van der Waals surface area contributed by atoms with E-state index >= 15 is 0 Å². The van der Waals surface area contributed by atoms with E-state index in [9.17, 15) is 4.79 Å². The largest absolute Gasteiger partial charge is 0.454 e. The number of carbonyl (C=O) groups excluding carboxylic acids is 1. The van der Waals surface area contributed by atoms with Crippen LogP contribution in [0.4, 0.5) is 5.82 Å². The number of carbonyl (C=O) groups is 1. The third-order valence-electron chi connectivity index (χ3n) is 5.42. The van der Waals surface area contributed by atoms with E-state index in [4.69, 9.17) is 18.9 Å². The Morgan fingerprint density at radius 2 is 1.86 bits per heavy atom. The van der Waals surface area contributed by atoms with Gasteiger partial charge >= 0.3 is 0 Å². The first kappa shape index (κ1) is 18.1. The molecule has 3 aliphatic heterocycles. The summed E-state index contributed by atoms with van der Waals surface area (Å²) in [7, 11) is 0. The molecule has 1 N–H and O–H groups in total. The van der Waals surface area contributed by atoms with Crippen molar-refractivity contribution in [2.75, 3.05) is 38.0 Å². The number of anilines is 1. The molecule has 2 saturated heterocycles. The van der Waals surface area contributed by atoms with Gasteiger partial charge in [-0.1, -0.05) is 6.07 Å². The zero-order valence-corrected chi connectivity index (χ0v) is 15.9. The molecular weight excluding hydrogens is 376 g/mol. The molecule has 4 heterocycles. The van der Waals surface area contributed by atoms with Crippen LogP contribution in [0, 0.1) is 0 Å². The lowest BCUT2D eigenvalue weighted by molar-refractivity contribution is -0.169. The highest BCUT2D eigenvalue weighted by atomic mass is 16.7. The summed E-state index contributed by atoms with van der Waals surface area (Å²) in [5.41, 5.74) is 1.20. The maximum Gasteiger partial charge on any atom is 0.271 e. The fourth-order valence-electron chi connectivity index (χ4n) is 3.79. The van der Waals surface area contributed by atoms with Crippen molar-refractivity contribution in [2.24, 2.45) is 0 Å². The van der Waals surface area contributed by atoms with E-state index in [0.29, 0.717) is 25.5 Å². The molecule has 0 bridgehead atoms. The Morgan fingerprint density at radius 1 is 1.07 bits per heavy atom. The molecule has 1 amide bonds. The van der Waals surface area contributed by atoms with E-state index in [-0.39, 0.29) is 18.4 Å². The average molecular weight is 398 g/mol. The van der Waals surface area contributed by atoms with Gasteiger partial charge in [-0.3, -0.25) is 4.79 Å². The molecule has 5 rings (SSSR count). The normalized spacial score (nSPS) is 19.5. The Labute approximate surface area is 167 Å². The molecule has 2 aromatic rings. The summed E-state index contributed by atoms with van der Waals surface area (Å²) in [5, 5.41) is 2.85. The minimum absolute atomic E-state index is 0.227. The first-order valence-electron chi connectivity index (χ1n) is 9.72.